The van der Waals surface area contributed by atoms with Crippen LogP contribution in [-0.2, 0) is 58.6 Å². The molecule has 0 heterocycles. The topological polar surface area (TPSA) is 85.5 Å². The Hall–Kier alpha value is 1.26. The van der Waals surface area contributed by atoms with Crippen LogP contribution in [0.25, 0.3) is 0 Å². The molecule has 0 aromatic carbocycles. The Bertz CT molecular complexity index is 6.85. The van der Waals surface area contributed by atoms with Crippen LogP contribution in [0.15, 0.2) is 0 Å². The molecule has 5 heavy (non-hydrogen) atoms. The van der Waals surface area contributed by atoms with Gasteiger partial charge in [-0.1, -0.05) is 0 Å². The van der Waals surface area contributed by atoms with Gasteiger partial charge in [-0.25, -0.2) is 0 Å². The molecule has 3 nitrogen and oxygen atoms in total. The summed E-state index contributed by atoms with van der Waals surface area (Å²) < 4.78 is 0. The van der Waals surface area contributed by atoms with Gasteiger partial charge in [0.25, 0.3) is 0 Å². The van der Waals surface area contributed by atoms with E-state index in [4.69, 9.17) is 0 Å². The third kappa shape index (κ3) is 35.3. The average Bonchev–Trinajstić information content (AvgIpc) is 0. The number of hydrogen-bond acceptors (Lipinski definition) is 0. The van der Waals surface area contributed by atoms with E-state index in [0.29, 0.717) is 0 Å². The van der Waals surface area contributed by atoms with Crippen LogP contribution in [0.5, 0.6) is 0 Å². The van der Waals surface area contributed by atoms with Crippen molar-refractivity contribution >= 4 is 0 Å². The SMILES string of the molecule is [Mo].[O-2].[O-2].[O-2].[Pt]. The molecule has 0 rings (SSSR count). The van der Waals surface area contributed by atoms with E-state index in [2.05, 4.69) is 0 Å². The molecule has 0 aliphatic heterocycles. The molecule has 0 saturated carbocycles. The molecule has 0 atom stereocenters. The fourth-order valence-electron chi connectivity index (χ4n) is 0. The maximum absolute atomic E-state index is 0. The van der Waals surface area contributed by atoms with Crippen LogP contribution in [0.3, 0.4) is 0 Å². The van der Waals surface area contributed by atoms with Crippen molar-refractivity contribution in [3.63, 3.8) is 0 Å². The van der Waals surface area contributed by atoms with E-state index in [-0.39, 0.29) is 58.6 Å². The molecular formula is MoO3Pt-6. The smallest absolute Gasteiger partial charge is 0 e. The van der Waals surface area contributed by atoms with Gasteiger partial charge in [-0.15, -0.1) is 0 Å². The Balaban J connectivity index is 0. The van der Waals surface area contributed by atoms with E-state index in [1.54, 1.807) is 0 Å². The third-order valence-corrected chi connectivity index (χ3v) is 0. The number of rotatable bonds is 0. The maximum atomic E-state index is 0. The minimum atomic E-state index is 0. The maximum Gasteiger partial charge on any atom is 0 e. The molecular weight excluding hydrogens is 339 g/mol. The van der Waals surface area contributed by atoms with Gasteiger partial charge in [-0.3, -0.25) is 0 Å². The summed E-state index contributed by atoms with van der Waals surface area (Å²) in [4.78, 5) is 0. The standard InChI is InChI=1S/Mo.3O.Pt/q;3*-2;. The normalized spacial score (nSPS) is 0. The Morgan fingerprint density at radius 2 is 0.600 bits per heavy atom. The van der Waals surface area contributed by atoms with Crippen molar-refractivity contribution in [3.8, 4) is 0 Å². The molecule has 0 radical (unpaired) electrons. The zero-order valence-electron chi connectivity index (χ0n) is 1.95. The molecule has 0 bridgehead atoms. The van der Waals surface area contributed by atoms with Crippen molar-refractivity contribution in [1.82, 2.24) is 0 Å². The van der Waals surface area contributed by atoms with Gasteiger partial charge < -0.3 is 16.4 Å². The van der Waals surface area contributed by atoms with E-state index >= 15 is 0 Å². The summed E-state index contributed by atoms with van der Waals surface area (Å²) in [6, 6.07) is 0. The van der Waals surface area contributed by atoms with Crippen molar-refractivity contribution in [2.24, 2.45) is 0 Å². The second-order valence-corrected chi connectivity index (χ2v) is 0. The van der Waals surface area contributed by atoms with Crippen LogP contribution in [0.4, 0.5) is 0 Å². The first-order valence-electron chi connectivity index (χ1n) is 0. The third-order valence-electron chi connectivity index (χ3n) is 0. The Labute approximate surface area is 58.6 Å². The van der Waals surface area contributed by atoms with Gasteiger partial charge in [0.05, 0.1) is 0 Å². The van der Waals surface area contributed by atoms with Gasteiger partial charge in [0.15, 0.2) is 0 Å². The van der Waals surface area contributed by atoms with E-state index in [1.807, 2.05) is 0 Å². The van der Waals surface area contributed by atoms with Crippen LogP contribution in [0.1, 0.15) is 0 Å². The molecule has 0 saturated heterocycles. The second-order valence-electron chi connectivity index (χ2n) is 0. The first-order chi connectivity index (χ1) is 0. The summed E-state index contributed by atoms with van der Waals surface area (Å²) in [5.41, 5.74) is 0. The number of hydrogen-bond donors (Lipinski definition) is 0. The Morgan fingerprint density at radius 1 is 0.600 bits per heavy atom. The van der Waals surface area contributed by atoms with Gasteiger partial charge in [0.2, 0.25) is 0 Å². The Morgan fingerprint density at radius 3 is 0.600 bits per heavy atom. The minimum absolute atomic E-state index is 0. The fourth-order valence-corrected chi connectivity index (χ4v) is 0. The van der Waals surface area contributed by atoms with Crippen LogP contribution in [0, 0.1) is 0 Å². The fraction of sp³-hybridized carbons (Fsp3) is 0. The monoisotopic (exact) mass is 341 g/mol. The van der Waals surface area contributed by atoms with Crippen molar-refractivity contribution < 1.29 is 58.6 Å². The van der Waals surface area contributed by atoms with Gasteiger partial charge >= 0.3 is 0 Å². The van der Waals surface area contributed by atoms with Crippen molar-refractivity contribution in [2.45, 2.75) is 0 Å². The summed E-state index contributed by atoms with van der Waals surface area (Å²) in [6.07, 6.45) is 0. The summed E-state index contributed by atoms with van der Waals surface area (Å²) in [5.74, 6) is 0. The summed E-state index contributed by atoms with van der Waals surface area (Å²) in [6.45, 7) is 0. The van der Waals surface area contributed by atoms with Gasteiger partial charge in [-0.2, -0.15) is 0 Å². The summed E-state index contributed by atoms with van der Waals surface area (Å²) in [7, 11) is 0. The van der Waals surface area contributed by atoms with Crippen molar-refractivity contribution in [1.29, 1.82) is 0 Å². The first kappa shape index (κ1) is 109. The van der Waals surface area contributed by atoms with E-state index < -0.39 is 0 Å². The van der Waals surface area contributed by atoms with Gasteiger partial charge in [0, 0.05) is 42.1 Å². The largest absolute Gasteiger partial charge is 2.00 e. The minimum Gasteiger partial charge on any atom is -2.00 e. The molecule has 0 aromatic heterocycles. The molecule has 0 aromatic rings. The zero-order chi connectivity index (χ0) is 0. The zero-order valence-corrected chi connectivity index (χ0v) is 6.23. The molecule has 0 N–H and O–H groups in total. The molecule has 0 aliphatic carbocycles. The van der Waals surface area contributed by atoms with Crippen LogP contribution < -0.4 is 0 Å². The van der Waals surface area contributed by atoms with E-state index in [0.717, 1.165) is 0 Å². The first-order valence-corrected chi connectivity index (χ1v) is 0. The average molecular weight is 339 g/mol. The van der Waals surface area contributed by atoms with Crippen LogP contribution >= 0.6 is 0 Å². The van der Waals surface area contributed by atoms with E-state index in [1.165, 1.54) is 0 Å². The van der Waals surface area contributed by atoms with E-state index in [9.17, 15) is 0 Å². The Kier molecular flexibility index (Phi) is 1320. The summed E-state index contributed by atoms with van der Waals surface area (Å²) >= 11 is 0. The molecule has 0 amide bonds. The van der Waals surface area contributed by atoms with Crippen molar-refractivity contribution in [2.75, 3.05) is 0 Å². The summed E-state index contributed by atoms with van der Waals surface area (Å²) in [5, 5.41) is 0. The second kappa shape index (κ2) is 60.3. The van der Waals surface area contributed by atoms with Crippen molar-refractivity contribution in [3.05, 3.63) is 0 Å². The van der Waals surface area contributed by atoms with Crippen LogP contribution in [-0.4, -0.2) is 0 Å². The molecule has 0 spiro atoms. The molecule has 0 fully saturated rings. The predicted octanol–water partition coefficient (Wildman–Crippen LogP) is -0.361. The van der Waals surface area contributed by atoms with Gasteiger partial charge in [-0.05, 0) is 0 Å². The molecule has 5 heteroatoms. The van der Waals surface area contributed by atoms with Gasteiger partial charge in [0.1, 0.15) is 0 Å². The molecule has 0 unspecified atom stereocenters. The van der Waals surface area contributed by atoms with Crippen LogP contribution in [0.2, 0.25) is 0 Å². The molecule has 0 aliphatic rings. The molecule has 40 valence electrons. The predicted molar refractivity (Wildman–Crippen MR) is 2.06 cm³/mol. The quantitative estimate of drug-likeness (QED) is 0.540.